The molecule has 4 aromatic rings. The fraction of sp³-hybridized carbons (Fsp3) is 0.407. The van der Waals surface area contributed by atoms with Gasteiger partial charge in [-0.3, -0.25) is 0 Å². The monoisotopic (exact) mass is 561 g/mol. The first kappa shape index (κ1) is 26.3. The molecule has 0 bridgehead atoms. The molecule has 2 aliphatic rings. The molecule has 0 saturated heterocycles. The van der Waals surface area contributed by atoms with Crippen molar-refractivity contribution in [3.8, 4) is 22.6 Å². The number of aliphatic hydroxyl groups is 1. The first-order chi connectivity index (χ1) is 19.2. The summed E-state index contributed by atoms with van der Waals surface area (Å²) in [6.07, 6.45) is 10.7. The fourth-order valence-corrected chi connectivity index (χ4v) is 6.25. The van der Waals surface area contributed by atoms with E-state index >= 15 is 0 Å². The molecule has 40 heavy (non-hydrogen) atoms. The summed E-state index contributed by atoms with van der Waals surface area (Å²) in [5, 5.41) is 29.5. The van der Waals surface area contributed by atoms with Crippen LogP contribution in [-0.4, -0.2) is 64.8 Å². The third-order valence-electron chi connectivity index (χ3n) is 7.34. The molecule has 6 rings (SSSR count). The van der Waals surface area contributed by atoms with Gasteiger partial charge < -0.3 is 15.7 Å². The minimum Gasteiger partial charge on any atom is -0.390 e. The largest absolute Gasteiger partial charge is 0.390 e. The van der Waals surface area contributed by atoms with Crippen molar-refractivity contribution in [1.29, 1.82) is 0 Å². The summed E-state index contributed by atoms with van der Waals surface area (Å²) in [6, 6.07) is 7.65. The zero-order valence-electron chi connectivity index (χ0n) is 22.3. The minimum atomic E-state index is -3.47. The van der Waals surface area contributed by atoms with Crippen LogP contribution in [0.25, 0.3) is 22.6 Å². The van der Waals surface area contributed by atoms with Gasteiger partial charge in [0.15, 0.2) is 5.82 Å². The molecule has 208 valence electrons. The van der Waals surface area contributed by atoms with Crippen molar-refractivity contribution in [2.45, 2.75) is 69.3 Å². The Labute approximate surface area is 232 Å². The van der Waals surface area contributed by atoms with E-state index in [1.165, 1.54) is 12.4 Å². The maximum atomic E-state index is 12.5. The Hall–Kier alpha value is -3.97. The van der Waals surface area contributed by atoms with Gasteiger partial charge in [-0.25, -0.2) is 23.4 Å². The van der Waals surface area contributed by atoms with Crippen LogP contribution in [0.1, 0.15) is 51.1 Å². The number of rotatable bonds is 8. The van der Waals surface area contributed by atoms with Crippen molar-refractivity contribution in [3.05, 3.63) is 54.7 Å². The molecule has 0 radical (unpaired) electrons. The van der Waals surface area contributed by atoms with Crippen LogP contribution >= 0.6 is 0 Å². The Kier molecular flexibility index (Phi) is 6.70. The summed E-state index contributed by atoms with van der Waals surface area (Å²) in [4.78, 5) is 13.5. The Morgan fingerprint density at radius 3 is 2.55 bits per heavy atom. The molecule has 0 unspecified atom stereocenters. The average molecular weight is 562 g/mol. The summed E-state index contributed by atoms with van der Waals surface area (Å²) in [7, 11) is -3.47. The third kappa shape index (κ3) is 5.65. The van der Waals surface area contributed by atoms with Gasteiger partial charge in [-0.2, -0.15) is 19.4 Å². The quantitative estimate of drug-likeness (QED) is 0.288. The Bertz CT molecular complexity index is 1620. The fourth-order valence-electron chi connectivity index (χ4n) is 4.77. The van der Waals surface area contributed by atoms with Crippen LogP contribution in [0.4, 0.5) is 17.3 Å². The van der Waals surface area contributed by atoms with Gasteiger partial charge >= 0.3 is 0 Å². The second-order valence-electron chi connectivity index (χ2n) is 10.8. The number of hydrogen-bond donors (Lipinski definition) is 3. The summed E-state index contributed by atoms with van der Waals surface area (Å²) < 4.78 is 26.0. The maximum Gasteiger partial charge on any atom is 0.256 e. The summed E-state index contributed by atoms with van der Waals surface area (Å²) in [6.45, 7) is 3.78. The van der Waals surface area contributed by atoms with Gasteiger partial charge in [-0.05, 0) is 70.6 Å². The molecule has 0 spiro atoms. The lowest BCUT2D eigenvalue weighted by Gasteiger charge is -2.34. The van der Waals surface area contributed by atoms with E-state index in [9.17, 15) is 13.5 Å². The SMILES string of the molecule is Cc1ccc(-c2cnc(Nc3ccnc(-c4cnn(S(=O)(=O)C5CC5)c4)n3)cc2NC2CCC(C)(O)CC2)nn1. The van der Waals surface area contributed by atoms with Crippen molar-refractivity contribution < 1.29 is 13.5 Å². The van der Waals surface area contributed by atoms with Crippen LogP contribution < -0.4 is 10.6 Å². The molecule has 2 fully saturated rings. The van der Waals surface area contributed by atoms with E-state index in [1.807, 2.05) is 32.0 Å². The first-order valence-corrected chi connectivity index (χ1v) is 14.9. The molecule has 2 aliphatic carbocycles. The predicted octanol–water partition coefficient (Wildman–Crippen LogP) is 3.69. The number of aryl methyl sites for hydroxylation is 1. The standard InChI is InChI=1S/C27H31N9O3S/c1-17-3-6-22(35-34-17)21-15-29-25(13-23(21)31-19-7-10-27(2,37)11-8-19)32-24-9-12-28-26(33-24)18-14-30-36(16-18)40(38,39)20-4-5-20/h3,6,9,12-16,19-20,37H,4-5,7-8,10-11H2,1-2H3,(H2,28,29,31,32,33). The molecule has 12 nitrogen and oxygen atoms in total. The number of nitrogens with one attached hydrogen (secondary N) is 2. The predicted molar refractivity (Wildman–Crippen MR) is 150 cm³/mol. The van der Waals surface area contributed by atoms with Crippen LogP contribution in [0.2, 0.25) is 0 Å². The maximum absolute atomic E-state index is 12.5. The normalized spacial score (nSPS) is 21.2. The van der Waals surface area contributed by atoms with E-state index in [-0.39, 0.29) is 11.3 Å². The van der Waals surface area contributed by atoms with Crippen molar-refractivity contribution >= 4 is 27.3 Å². The minimum absolute atomic E-state index is 0.196. The highest BCUT2D eigenvalue weighted by Gasteiger charge is 2.37. The van der Waals surface area contributed by atoms with Gasteiger partial charge in [-0.1, -0.05) is 0 Å². The van der Waals surface area contributed by atoms with E-state index in [1.54, 1.807) is 18.5 Å². The van der Waals surface area contributed by atoms with Crippen LogP contribution in [-0.2, 0) is 10.0 Å². The molecule has 0 amide bonds. The molecule has 4 heterocycles. The van der Waals surface area contributed by atoms with Crippen LogP contribution in [0, 0.1) is 6.92 Å². The zero-order chi connectivity index (χ0) is 27.9. The number of aromatic nitrogens is 7. The topological polar surface area (TPSA) is 161 Å². The van der Waals surface area contributed by atoms with Gasteiger partial charge in [0.2, 0.25) is 0 Å². The van der Waals surface area contributed by atoms with Crippen molar-refractivity contribution in [2.24, 2.45) is 0 Å². The molecule has 0 aromatic carbocycles. The lowest BCUT2D eigenvalue weighted by molar-refractivity contribution is 0.0196. The van der Waals surface area contributed by atoms with Gasteiger partial charge in [-0.15, -0.1) is 0 Å². The molecule has 0 atom stereocenters. The third-order valence-corrected chi connectivity index (χ3v) is 9.37. The molecule has 2 saturated carbocycles. The lowest BCUT2D eigenvalue weighted by Crippen LogP contribution is -2.35. The van der Waals surface area contributed by atoms with Gasteiger partial charge in [0.05, 0.1) is 40.2 Å². The molecular formula is C27H31N9O3S. The van der Waals surface area contributed by atoms with E-state index < -0.39 is 15.6 Å². The average Bonchev–Trinajstić information content (AvgIpc) is 3.68. The van der Waals surface area contributed by atoms with E-state index in [2.05, 4.69) is 40.9 Å². The van der Waals surface area contributed by atoms with E-state index in [0.717, 1.165) is 46.7 Å². The van der Waals surface area contributed by atoms with Crippen LogP contribution in [0.5, 0.6) is 0 Å². The van der Waals surface area contributed by atoms with Crippen molar-refractivity contribution in [3.63, 3.8) is 0 Å². The number of nitrogens with zero attached hydrogens (tertiary/aromatic N) is 7. The van der Waals surface area contributed by atoms with Gasteiger partial charge in [0, 0.05) is 35.8 Å². The van der Waals surface area contributed by atoms with Gasteiger partial charge in [0.25, 0.3) is 10.0 Å². The van der Waals surface area contributed by atoms with Crippen molar-refractivity contribution in [2.75, 3.05) is 10.6 Å². The molecule has 13 heteroatoms. The summed E-state index contributed by atoms with van der Waals surface area (Å²) >= 11 is 0. The molecule has 0 aliphatic heterocycles. The zero-order valence-corrected chi connectivity index (χ0v) is 23.1. The summed E-state index contributed by atoms with van der Waals surface area (Å²) in [5.74, 6) is 1.41. The Balaban J connectivity index is 1.26. The van der Waals surface area contributed by atoms with Crippen LogP contribution in [0.15, 0.2) is 49.1 Å². The summed E-state index contributed by atoms with van der Waals surface area (Å²) in [5.41, 5.74) is 3.08. The number of pyridine rings is 1. The lowest BCUT2D eigenvalue weighted by atomic mass is 9.83. The second-order valence-corrected chi connectivity index (χ2v) is 12.9. The molecule has 3 N–H and O–H groups in total. The second kappa shape index (κ2) is 10.2. The first-order valence-electron chi connectivity index (χ1n) is 13.4. The van der Waals surface area contributed by atoms with E-state index in [4.69, 9.17) is 0 Å². The highest BCUT2D eigenvalue weighted by atomic mass is 32.2. The number of hydrogen-bond acceptors (Lipinski definition) is 11. The molecular weight excluding hydrogens is 530 g/mol. The number of anilines is 3. The van der Waals surface area contributed by atoms with Crippen LogP contribution in [0.3, 0.4) is 0 Å². The Morgan fingerprint density at radius 2 is 1.82 bits per heavy atom. The highest BCUT2D eigenvalue weighted by molar-refractivity contribution is 7.90. The van der Waals surface area contributed by atoms with Crippen molar-refractivity contribution in [1.82, 2.24) is 34.3 Å². The molecule has 4 aromatic heterocycles. The highest BCUT2D eigenvalue weighted by Crippen LogP contribution is 2.34. The smallest absolute Gasteiger partial charge is 0.256 e. The Morgan fingerprint density at radius 1 is 1.02 bits per heavy atom. The van der Waals surface area contributed by atoms with E-state index in [0.29, 0.717) is 41.6 Å². The van der Waals surface area contributed by atoms with Gasteiger partial charge in [0.1, 0.15) is 11.6 Å².